The number of amides is 4. The van der Waals surface area contributed by atoms with Crippen LogP contribution in [-0.2, 0) is 25.5 Å². The molecule has 1 saturated heterocycles. The Balaban J connectivity index is 1.79. The summed E-state index contributed by atoms with van der Waals surface area (Å²) >= 11 is 0. The molecule has 0 radical (unpaired) electrons. The van der Waals surface area contributed by atoms with Crippen LogP contribution in [0, 0.1) is 35.3 Å². The Morgan fingerprint density at radius 1 is 0.980 bits per heavy atom. The van der Waals surface area contributed by atoms with Gasteiger partial charge in [0.15, 0.2) is 0 Å². The lowest BCUT2D eigenvalue weighted by molar-refractivity contribution is -0.142. The Morgan fingerprint density at radius 2 is 1.62 bits per heavy atom. The van der Waals surface area contributed by atoms with E-state index in [0.29, 0.717) is 18.6 Å². The van der Waals surface area contributed by atoms with Crippen LogP contribution in [0.15, 0.2) is 12.1 Å². The highest BCUT2D eigenvalue weighted by Crippen LogP contribution is 2.38. The lowest BCUT2D eigenvalue weighted by Crippen LogP contribution is -2.57. The number of halogens is 4. The third-order valence-corrected chi connectivity index (χ3v) is 9.64. The molecule has 1 aliphatic carbocycles. The van der Waals surface area contributed by atoms with Crippen molar-refractivity contribution in [1.82, 2.24) is 20.9 Å². The highest BCUT2D eigenvalue weighted by molar-refractivity contribution is 5.94. The molecule has 5 atom stereocenters. The molecule has 4 amide bonds. The molecule has 0 unspecified atom stereocenters. The second-order valence-corrected chi connectivity index (χ2v) is 13.9. The van der Waals surface area contributed by atoms with Crippen LogP contribution in [0.4, 0.5) is 22.4 Å². The number of carboxylic acids is 1. The minimum absolute atomic E-state index is 0.0554. The molecular formula is C35H50F4N4O7. The van der Waals surface area contributed by atoms with Crippen molar-refractivity contribution in [1.29, 1.82) is 0 Å². The van der Waals surface area contributed by atoms with Crippen molar-refractivity contribution >= 4 is 29.8 Å². The molecule has 1 aromatic rings. The van der Waals surface area contributed by atoms with Crippen LogP contribution in [0.1, 0.15) is 95.0 Å². The number of nitrogens with one attached hydrogen (secondary N) is 3. The van der Waals surface area contributed by atoms with Gasteiger partial charge in [-0.2, -0.15) is 0 Å². The maximum atomic E-state index is 14.4. The van der Waals surface area contributed by atoms with Gasteiger partial charge in [-0.25, -0.2) is 27.2 Å². The standard InChI is InChI=1S/C35H50F4N4O7/c1-5-20(4)30(42-35(49)50-18-19(2)3)33(46)43-17-23(21-9-7-6-8-10-21)15-28(43)32(45)41-27(16-29(38)39)31(44)40-12-11-24-25(36)13-22(34(47)48)14-26(24)37/h13-14,19-21,23,27-30H,5-12,15-18H2,1-4H3,(H,40,44)(H,41,45)(H,42,49)(H,47,48)/t20-,23+,27-,28-,30-/m0/s1. The fourth-order valence-corrected chi connectivity index (χ4v) is 6.66. The summed E-state index contributed by atoms with van der Waals surface area (Å²) in [6.07, 6.45) is 0.480. The van der Waals surface area contributed by atoms with Crippen molar-refractivity contribution in [2.24, 2.45) is 23.7 Å². The number of nitrogens with zero attached hydrogens (tertiary/aromatic N) is 1. The maximum absolute atomic E-state index is 14.4. The Labute approximate surface area is 290 Å². The van der Waals surface area contributed by atoms with Crippen molar-refractivity contribution in [2.75, 3.05) is 19.7 Å². The van der Waals surface area contributed by atoms with Gasteiger partial charge in [-0.05, 0) is 48.6 Å². The molecule has 50 heavy (non-hydrogen) atoms. The van der Waals surface area contributed by atoms with Gasteiger partial charge < -0.3 is 30.7 Å². The number of alkyl halides is 2. The first-order valence-electron chi connectivity index (χ1n) is 17.4. The first-order valence-corrected chi connectivity index (χ1v) is 17.4. The van der Waals surface area contributed by atoms with Crippen molar-refractivity contribution in [3.8, 4) is 0 Å². The summed E-state index contributed by atoms with van der Waals surface area (Å²) in [5.41, 5.74) is -1.11. The number of alkyl carbamates (subject to hydrolysis) is 1. The predicted octanol–water partition coefficient (Wildman–Crippen LogP) is 5.06. The zero-order valence-corrected chi connectivity index (χ0v) is 29.1. The fraction of sp³-hybridized carbons (Fsp3) is 0.686. The van der Waals surface area contributed by atoms with Gasteiger partial charge in [0.1, 0.15) is 29.8 Å². The molecule has 1 heterocycles. The minimum atomic E-state index is -3.00. The summed E-state index contributed by atoms with van der Waals surface area (Å²) in [5, 5.41) is 16.4. The van der Waals surface area contributed by atoms with Crippen LogP contribution in [0.5, 0.6) is 0 Å². The Morgan fingerprint density at radius 3 is 2.18 bits per heavy atom. The molecule has 280 valence electrons. The molecule has 0 bridgehead atoms. The number of aromatic carboxylic acids is 1. The Kier molecular flexibility index (Phi) is 15.3. The average molecular weight is 715 g/mol. The number of likely N-dealkylation sites (tertiary alicyclic amines) is 1. The van der Waals surface area contributed by atoms with E-state index in [1.807, 2.05) is 20.8 Å². The number of benzene rings is 1. The number of rotatable bonds is 16. The van der Waals surface area contributed by atoms with Crippen molar-refractivity contribution in [3.63, 3.8) is 0 Å². The van der Waals surface area contributed by atoms with Gasteiger partial charge in [0.25, 0.3) is 0 Å². The van der Waals surface area contributed by atoms with Crippen LogP contribution >= 0.6 is 0 Å². The van der Waals surface area contributed by atoms with Gasteiger partial charge in [0, 0.05) is 25.1 Å². The van der Waals surface area contributed by atoms with Crippen molar-refractivity contribution in [2.45, 2.75) is 110 Å². The van der Waals surface area contributed by atoms with Gasteiger partial charge >= 0.3 is 12.1 Å². The second kappa shape index (κ2) is 18.9. The number of hydrogen-bond acceptors (Lipinski definition) is 6. The van der Waals surface area contributed by atoms with Gasteiger partial charge in [-0.15, -0.1) is 0 Å². The van der Waals surface area contributed by atoms with Crippen molar-refractivity contribution in [3.05, 3.63) is 34.9 Å². The quantitative estimate of drug-likeness (QED) is 0.175. The number of carboxylic acid groups (broad SMARTS) is 1. The molecule has 11 nitrogen and oxygen atoms in total. The lowest BCUT2D eigenvalue weighted by atomic mass is 9.79. The van der Waals surface area contributed by atoms with Crippen LogP contribution in [0.2, 0.25) is 0 Å². The topological polar surface area (TPSA) is 154 Å². The number of hydrogen-bond donors (Lipinski definition) is 4. The molecular weight excluding hydrogens is 664 g/mol. The van der Waals surface area contributed by atoms with E-state index in [0.717, 1.165) is 32.1 Å². The van der Waals surface area contributed by atoms with Crippen LogP contribution in [0.25, 0.3) is 0 Å². The summed E-state index contributed by atoms with van der Waals surface area (Å²) in [7, 11) is 0. The molecule has 15 heteroatoms. The van der Waals surface area contributed by atoms with E-state index in [2.05, 4.69) is 16.0 Å². The molecule has 3 rings (SSSR count). The smallest absolute Gasteiger partial charge is 0.407 e. The summed E-state index contributed by atoms with van der Waals surface area (Å²) in [6, 6.07) is -2.59. The van der Waals surface area contributed by atoms with Crippen LogP contribution in [0.3, 0.4) is 0 Å². The van der Waals surface area contributed by atoms with E-state index in [-0.39, 0.29) is 43.2 Å². The molecule has 2 fully saturated rings. The Bertz CT molecular complexity index is 1340. The first kappa shape index (κ1) is 40.5. The molecule has 4 N–H and O–H groups in total. The summed E-state index contributed by atoms with van der Waals surface area (Å²) < 4.78 is 61.3. The van der Waals surface area contributed by atoms with Crippen LogP contribution in [-0.4, -0.2) is 84.0 Å². The van der Waals surface area contributed by atoms with E-state index in [4.69, 9.17) is 9.84 Å². The highest BCUT2D eigenvalue weighted by atomic mass is 19.3. The molecule has 0 spiro atoms. The monoisotopic (exact) mass is 714 g/mol. The summed E-state index contributed by atoms with van der Waals surface area (Å²) in [5.74, 6) is -6.24. The third kappa shape index (κ3) is 11.3. The summed E-state index contributed by atoms with van der Waals surface area (Å²) in [4.78, 5) is 66.1. The zero-order chi connectivity index (χ0) is 37.1. The predicted molar refractivity (Wildman–Crippen MR) is 175 cm³/mol. The van der Waals surface area contributed by atoms with Gasteiger partial charge in [0.05, 0.1) is 12.2 Å². The largest absolute Gasteiger partial charge is 0.478 e. The first-order chi connectivity index (χ1) is 23.6. The van der Waals surface area contributed by atoms with E-state index in [9.17, 15) is 41.5 Å². The lowest BCUT2D eigenvalue weighted by Gasteiger charge is -2.32. The van der Waals surface area contributed by atoms with Crippen molar-refractivity contribution < 1.29 is 51.4 Å². The Hall–Kier alpha value is -3.91. The molecule has 1 aromatic carbocycles. The number of carbonyl (C=O) groups excluding carboxylic acids is 4. The van der Waals surface area contributed by atoms with E-state index >= 15 is 0 Å². The highest BCUT2D eigenvalue weighted by Gasteiger charge is 2.46. The molecule has 1 aliphatic heterocycles. The van der Waals surface area contributed by atoms with Gasteiger partial charge in [-0.3, -0.25) is 14.4 Å². The molecule has 1 saturated carbocycles. The summed E-state index contributed by atoms with van der Waals surface area (Å²) in [6.45, 7) is 7.34. The fourth-order valence-electron chi connectivity index (χ4n) is 6.66. The SMILES string of the molecule is CC[C@H](C)[C@H](NC(=O)OCC(C)C)C(=O)N1C[C@H](C2CCCCC2)C[C@H]1C(=O)N[C@@H](CC(F)F)C(=O)NCCc1c(F)cc(C(=O)O)cc1F. The van der Waals surface area contributed by atoms with Crippen LogP contribution < -0.4 is 16.0 Å². The third-order valence-electron chi connectivity index (χ3n) is 9.64. The minimum Gasteiger partial charge on any atom is -0.478 e. The van der Waals surface area contributed by atoms with Gasteiger partial charge in [-0.1, -0.05) is 66.2 Å². The number of carbonyl (C=O) groups is 5. The molecule has 2 aliphatic rings. The number of ether oxygens (including phenoxy) is 1. The van der Waals surface area contributed by atoms with E-state index in [1.165, 1.54) is 4.90 Å². The normalized spacial score (nSPS) is 19.9. The molecule has 0 aromatic heterocycles. The average Bonchev–Trinajstić information content (AvgIpc) is 3.52. The zero-order valence-electron chi connectivity index (χ0n) is 29.1. The van der Waals surface area contributed by atoms with Gasteiger partial charge in [0.2, 0.25) is 24.1 Å². The maximum Gasteiger partial charge on any atom is 0.407 e. The van der Waals surface area contributed by atoms with E-state index < -0.39 is 96.5 Å². The second-order valence-electron chi connectivity index (χ2n) is 13.9. The van der Waals surface area contributed by atoms with E-state index in [1.54, 1.807) is 6.92 Å².